The number of nitrogens with one attached hydrogen (secondary N) is 1. The zero-order valence-corrected chi connectivity index (χ0v) is 17.3. The van der Waals surface area contributed by atoms with E-state index in [4.69, 9.17) is 11.6 Å². The Labute approximate surface area is 181 Å². The summed E-state index contributed by atoms with van der Waals surface area (Å²) in [7, 11) is 0. The minimum Gasteiger partial charge on any atom is -0.301 e. The van der Waals surface area contributed by atoms with Crippen LogP contribution in [-0.2, 0) is 4.79 Å². The Hall–Kier alpha value is -2.82. The number of carbonyl (C=O) groups excluding carboxylic acids is 1. The number of halogens is 3. The molecule has 0 bridgehead atoms. The number of amides is 1. The van der Waals surface area contributed by atoms with Gasteiger partial charge in [-0.25, -0.2) is 18.7 Å². The fraction of sp³-hybridized carbons (Fsp3) is 0.0526. The maximum atomic E-state index is 14.5. The van der Waals surface area contributed by atoms with Crippen molar-refractivity contribution in [2.24, 2.45) is 0 Å². The molecule has 0 aliphatic rings. The summed E-state index contributed by atoms with van der Waals surface area (Å²) in [6.07, 6.45) is 1.55. The van der Waals surface area contributed by atoms with Crippen LogP contribution in [0.5, 0.6) is 0 Å². The van der Waals surface area contributed by atoms with Gasteiger partial charge in [0.1, 0.15) is 11.6 Å². The van der Waals surface area contributed by atoms with Crippen LogP contribution in [0.3, 0.4) is 0 Å². The molecule has 1 N–H and O–H groups in total. The third kappa shape index (κ3) is 4.20. The van der Waals surface area contributed by atoms with E-state index in [0.717, 1.165) is 28.5 Å². The molecule has 0 radical (unpaired) electrons. The second-order valence-electron chi connectivity index (χ2n) is 5.97. The van der Waals surface area contributed by atoms with E-state index in [1.165, 1.54) is 17.4 Å². The SMILES string of the molecule is O=C(CSc1nc2ccc(Cl)cc2c(=O)n1-c1ccc(F)cc1F)Nc1nccs1. The molecule has 2 heterocycles. The summed E-state index contributed by atoms with van der Waals surface area (Å²) < 4.78 is 28.9. The fourth-order valence-electron chi connectivity index (χ4n) is 2.68. The van der Waals surface area contributed by atoms with E-state index in [-0.39, 0.29) is 27.9 Å². The van der Waals surface area contributed by atoms with E-state index in [1.54, 1.807) is 23.7 Å². The highest BCUT2D eigenvalue weighted by Gasteiger charge is 2.18. The molecular formula is C19H11ClF2N4O2S2. The number of thiazole rings is 1. The topological polar surface area (TPSA) is 76.9 Å². The van der Waals surface area contributed by atoms with Crippen molar-refractivity contribution in [1.29, 1.82) is 0 Å². The number of anilines is 1. The van der Waals surface area contributed by atoms with Crippen molar-refractivity contribution in [3.8, 4) is 5.69 Å². The quantitative estimate of drug-likeness (QED) is 0.347. The number of carbonyl (C=O) groups is 1. The molecule has 0 aliphatic carbocycles. The zero-order chi connectivity index (χ0) is 21.3. The summed E-state index contributed by atoms with van der Waals surface area (Å²) in [5.41, 5.74) is -0.430. The zero-order valence-electron chi connectivity index (χ0n) is 14.9. The van der Waals surface area contributed by atoms with E-state index in [1.807, 2.05) is 0 Å². The molecule has 2 aromatic carbocycles. The molecule has 0 saturated carbocycles. The molecule has 0 atom stereocenters. The van der Waals surface area contributed by atoms with E-state index in [0.29, 0.717) is 21.7 Å². The summed E-state index contributed by atoms with van der Waals surface area (Å²) in [4.78, 5) is 33.7. The minimum atomic E-state index is -0.936. The Morgan fingerprint density at radius 2 is 2.07 bits per heavy atom. The van der Waals surface area contributed by atoms with Crippen LogP contribution in [0.4, 0.5) is 13.9 Å². The lowest BCUT2D eigenvalue weighted by Crippen LogP contribution is -2.24. The first kappa shape index (κ1) is 20.5. The van der Waals surface area contributed by atoms with Gasteiger partial charge in [0.05, 0.1) is 22.3 Å². The molecule has 0 unspecified atom stereocenters. The average Bonchev–Trinajstić information content (AvgIpc) is 3.21. The molecule has 0 saturated heterocycles. The van der Waals surface area contributed by atoms with Gasteiger partial charge in [-0.05, 0) is 30.3 Å². The van der Waals surface area contributed by atoms with Gasteiger partial charge in [0.25, 0.3) is 5.56 Å². The highest BCUT2D eigenvalue weighted by atomic mass is 35.5. The molecule has 1 amide bonds. The van der Waals surface area contributed by atoms with Gasteiger partial charge in [-0.1, -0.05) is 23.4 Å². The summed E-state index contributed by atoms with van der Waals surface area (Å²) >= 11 is 8.19. The van der Waals surface area contributed by atoms with E-state index in [2.05, 4.69) is 15.3 Å². The van der Waals surface area contributed by atoms with Gasteiger partial charge in [-0.15, -0.1) is 11.3 Å². The lowest BCUT2D eigenvalue weighted by molar-refractivity contribution is -0.113. The van der Waals surface area contributed by atoms with Crippen LogP contribution in [0.1, 0.15) is 0 Å². The smallest absolute Gasteiger partial charge is 0.266 e. The van der Waals surface area contributed by atoms with Gasteiger partial charge in [0, 0.05) is 22.7 Å². The number of hydrogen-bond acceptors (Lipinski definition) is 6. The van der Waals surface area contributed by atoms with Gasteiger partial charge < -0.3 is 5.32 Å². The summed E-state index contributed by atoms with van der Waals surface area (Å²) in [6, 6.07) is 7.41. The van der Waals surface area contributed by atoms with Gasteiger partial charge in [0.2, 0.25) is 5.91 Å². The third-order valence-electron chi connectivity index (χ3n) is 3.96. The summed E-state index contributed by atoms with van der Waals surface area (Å²) in [5, 5.41) is 5.33. The van der Waals surface area contributed by atoms with Crippen LogP contribution in [0.15, 0.2) is 57.9 Å². The number of hydrogen-bond donors (Lipinski definition) is 1. The Balaban J connectivity index is 1.77. The maximum Gasteiger partial charge on any atom is 0.266 e. The average molecular weight is 465 g/mol. The predicted molar refractivity (Wildman–Crippen MR) is 114 cm³/mol. The number of nitrogens with zero attached hydrogens (tertiary/aromatic N) is 3. The van der Waals surface area contributed by atoms with Crippen LogP contribution >= 0.6 is 34.7 Å². The summed E-state index contributed by atoms with van der Waals surface area (Å²) in [5.74, 6) is -2.19. The number of benzene rings is 2. The number of thioether (sulfide) groups is 1. The van der Waals surface area contributed by atoms with Gasteiger partial charge in [-0.3, -0.25) is 14.2 Å². The standard InChI is InChI=1S/C19H11ClF2N4O2S2/c20-10-1-3-14-12(7-10)17(28)26(15-4-2-11(21)8-13(15)22)19(24-14)30-9-16(27)25-18-23-5-6-29-18/h1-8H,9H2,(H,23,25,27). The van der Waals surface area contributed by atoms with Crippen molar-refractivity contribution >= 4 is 56.6 Å². The number of rotatable bonds is 5. The van der Waals surface area contributed by atoms with Crippen molar-refractivity contribution in [3.63, 3.8) is 0 Å². The molecule has 2 aromatic heterocycles. The van der Waals surface area contributed by atoms with Crippen LogP contribution < -0.4 is 10.9 Å². The highest BCUT2D eigenvalue weighted by molar-refractivity contribution is 7.99. The van der Waals surface area contributed by atoms with Crippen LogP contribution in [0.25, 0.3) is 16.6 Å². The number of fused-ring (bicyclic) bond motifs is 1. The van der Waals surface area contributed by atoms with Crippen LogP contribution in [0, 0.1) is 11.6 Å². The van der Waals surface area contributed by atoms with E-state index >= 15 is 0 Å². The molecule has 152 valence electrons. The Kier molecular flexibility index (Phi) is 5.80. The monoisotopic (exact) mass is 464 g/mol. The van der Waals surface area contributed by atoms with Crippen molar-refractivity contribution in [3.05, 3.63) is 75.0 Å². The molecule has 0 aliphatic heterocycles. The largest absolute Gasteiger partial charge is 0.301 e. The Morgan fingerprint density at radius 3 is 2.80 bits per heavy atom. The first-order valence-electron chi connectivity index (χ1n) is 8.42. The lowest BCUT2D eigenvalue weighted by Gasteiger charge is -2.14. The lowest BCUT2D eigenvalue weighted by atomic mass is 10.2. The summed E-state index contributed by atoms with van der Waals surface area (Å²) in [6.45, 7) is 0. The van der Waals surface area contributed by atoms with E-state index in [9.17, 15) is 18.4 Å². The van der Waals surface area contributed by atoms with Crippen molar-refractivity contribution in [2.45, 2.75) is 5.16 Å². The molecule has 6 nitrogen and oxygen atoms in total. The fourth-order valence-corrected chi connectivity index (χ4v) is 4.20. The molecule has 0 fully saturated rings. The predicted octanol–water partition coefficient (Wildman–Crippen LogP) is 4.50. The van der Waals surface area contributed by atoms with Crippen LogP contribution in [0.2, 0.25) is 5.02 Å². The Bertz CT molecular complexity index is 1310. The molecule has 4 aromatic rings. The third-order valence-corrected chi connectivity index (χ3v) is 5.82. The van der Waals surface area contributed by atoms with E-state index < -0.39 is 17.2 Å². The minimum absolute atomic E-state index is 0.0784. The number of aromatic nitrogens is 3. The van der Waals surface area contributed by atoms with Crippen LogP contribution in [-0.4, -0.2) is 26.2 Å². The van der Waals surface area contributed by atoms with Gasteiger partial charge >= 0.3 is 0 Å². The highest BCUT2D eigenvalue weighted by Crippen LogP contribution is 2.25. The van der Waals surface area contributed by atoms with Crippen molar-refractivity contribution < 1.29 is 13.6 Å². The molecule has 11 heteroatoms. The second-order valence-corrected chi connectivity index (χ2v) is 8.24. The van der Waals surface area contributed by atoms with Gasteiger partial charge in [0.15, 0.2) is 10.3 Å². The van der Waals surface area contributed by atoms with Gasteiger partial charge in [-0.2, -0.15) is 0 Å². The molecule has 0 spiro atoms. The molecule has 4 rings (SSSR count). The molecule has 30 heavy (non-hydrogen) atoms. The van der Waals surface area contributed by atoms with Crippen molar-refractivity contribution in [2.75, 3.05) is 11.1 Å². The molecular weight excluding hydrogens is 454 g/mol. The first-order valence-corrected chi connectivity index (χ1v) is 10.7. The van der Waals surface area contributed by atoms with Crippen molar-refractivity contribution in [1.82, 2.24) is 14.5 Å². The second kappa shape index (κ2) is 8.50. The first-order chi connectivity index (χ1) is 14.4. The Morgan fingerprint density at radius 1 is 1.23 bits per heavy atom. The normalized spacial score (nSPS) is 11.0. The maximum absolute atomic E-state index is 14.5.